The van der Waals surface area contributed by atoms with Gasteiger partial charge in [-0.1, -0.05) is 12.1 Å². The molecule has 1 amide bonds. The van der Waals surface area contributed by atoms with Crippen molar-refractivity contribution in [3.63, 3.8) is 0 Å². The van der Waals surface area contributed by atoms with E-state index in [1.54, 1.807) is 13.0 Å². The molecule has 2 rings (SSSR count). The Labute approximate surface area is 136 Å². The summed E-state index contributed by atoms with van der Waals surface area (Å²) >= 11 is 0. The molecule has 124 valence electrons. The van der Waals surface area contributed by atoms with Crippen molar-refractivity contribution < 1.29 is 22.4 Å². The lowest BCUT2D eigenvalue weighted by Gasteiger charge is -2.07. The zero-order chi connectivity index (χ0) is 17.7. The number of furan rings is 1. The fraction of sp³-hybridized carbons (Fsp3) is 0.176. The first-order valence-electron chi connectivity index (χ1n) is 7.02. The Bertz CT molecular complexity index is 814. The van der Waals surface area contributed by atoms with Gasteiger partial charge in [0.15, 0.2) is 0 Å². The lowest BCUT2D eigenvalue weighted by molar-refractivity contribution is -0.137. The van der Waals surface area contributed by atoms with E-state index in [2.05, 4.69) is 5.32 Å². The van der Waals surface area contributed by atoms with Gasteiger partial charge in [-0.2, -0.15) is 18.4 Å². The number of carbonyl (C=O) groups is 1. The second-order valence-corrected chi connectivity index (χ2v) is 4.81. The summed E-state index contributed by atoms with van der Waals surface area (Å²) < 4.78 is 43.7. The Hall–Kier alpha value is -3.01. The fourth-order valence-electron chi connectivity index (χ4n) is 1.98. The monoisotopic (exact) mass is 334 g/mol. The smallest absolute Gasteiger partial charge is 0.416 e. The minimum atomic E-state index is -4.45. The number of halogens is 3. The molecule has 0 fully saturated rings. The van der Waals surface area contributed by atoms with Crippen molar-refractivity contribution in [2.75, 3.05) is 6.54 Å². The maximum Gasteiger partial charge on any atom is 0.416 e. The number of alkyl halides is 3. The number of hydrogen-bond donors (Lipinski definition) is 1. The highest BCUT2D eigenvalue weighted by Gasteiger charge is 2.30. The normalized spacial score (nSPS) is 11.9. The number of likely N-dealkylation sites (N-methyl/N-ethyl adjacent to an activating group) is 1. The number of nitrogens with one attached hydrogen (secondary N) is 1. The largest absolute Gasteiger partial charge is 0.457 e. The van der Waals surface area contributed by atoms with Crippen molar-refractivity contribution in [1.82, 2.24) is 5.32 Å². The summed E-state index contributed by atoms with van der Waals surface area (Å²) in [6.07, 6.45) is -3.21. The zero-order valence-electron chi connectivity index (χ0n) is 12.6. The first-order chi connectivity index (χ1) is 11.3. The van der Waals surface area contributed by atoms with Crippen molar-refractivity contribution in [3.8, 4) is 17.4 Å². The van der Waals surface area contributed by atoms with Crippen molar-refractivity contribution in [2.24, 2.45) is 0 Å². The highest BCUT2D eigenvalue weighted by Crippen LogP contribution is 2.32. The van der Waals surface area contributed by atoms with Crippen LogP contribution in [-0.4, -0.2) is 12.5 Å². The molecule has 0 bridgehead atoms. The molecule has 1 aromatic heterocycles. The van der Waals surface area contributed by atoms with E-state index in [1.807, 2.05) is 0 Å². The van der Waals surface area contributed by atoms with E-state index >= 15 is 0 Å². The fourth-order valence-corrected chi connectivity index (χ4v) is 1.98. The first kappa shape index (κ1) is 17.3. The van der Waals surface area contributed by atoms with E-state index in [0.717, 1.165) is 12.1 Å². The van der Waals surface area contributed by atoms with E-state index in [1.165, 1.54) is 30.3 Å². The van der Waals surface area contributed by atoms with Gasteiger partial charge in [-0.15, -0.1) is 0 Å². The van der Waals surface area contributed by atoms with Gasteiger partial charge in [0.1, 0.15) is 23.2 Å². The molecule has 4 nitrogen and oxygen atoms in total. The predicted octanol–water partition coefficient (Wildman–Crippen LogP) is 4.01. The lowest BCUT2D eigenvalue weighted by Crippen LogP contribution is -2.23. The van der Waals surface area contributed by atoms with E-state index in [0.29, 0.717) is 6.54 Å². The van der Waals surface area contributed by atoms with E-state index in [-0.39, 0.29) is 22.7 Å². The van der Waals surface area contributed by atoms with Crippen molar-refractivity contribution in [1.29, 1.82) is 5.26 Å². The summed E-state index contributed by atoms with van der Waals surface area (Å²) in [7, 11) is 0. The molecule has 1 aromatic carbocycles. The number of nitrogens with zero attached hydrogens (tertiary/aromatic N) is 1. The van der Waals surface area contributed by atoms with Crippen LogP contribution in [-0.2, 0) is 11.0 Å². The molecule has 0 saturated carbocycles. The van der Waals surface area contributed by atoms with Crippen LogP contribution in [0.3, 0.4) is 0 Å². The van der Waals surface area contributed by atoms with Crippen molar-refractivity contribution in [3.05, 3.63) is 53.3 Å². The Morgan fingerprint density at radius 2 is 2.08 bits per heavy atom. The number of hydrogen-bond acceptors (Lipinski definition) is 3. The molecule has 0 aliphatic rings. The summed E-state index contributed by atoms with van der Waals surface area (Å²) in [6, 6.07) is 9.42. The third-order valence-corrected chi connectivity index (χ3v) is 3.09. The predicted molar refractivity (Wildman–Crippen MR) is 81.4 cm³/mol. The average Bonchev–Trinajstić information content (AvgIpc) is 3.00. The van der Waals surface area contributed by atoms with Gasteiger partial charge in [0, 0.05) is 18.2 Å². The maximum atomic E-state index is 12.7. The van der Waals surface area contributed by atoms with Crippen LogP contribution >= 0.6 is 0 Å². The van der Waals surface area contributed by atoms with Crippen LogP contribution in [0.15, 0.2) is 46.4 Å². The minimum Gasteiger partial charge on any atom is -0.457 e. The van der Waals surface area contributed by atoms with Gasteiger partial charge < -0.3 is 9.73 Å². The molecule has 1 heterocycles. The molecule has 0 aliphatic carbocycles. The van der Waals surface area contributed by atoms with Crippen LogP contribution in [0.25, 0.3) is 17.4 Å². The molecule has 0 aliphatic heterocycles. The molecule has 24 heavy (non-hydrogen) atoms. The summed E-state index contributed by atoms with van der Waals surface area (Å²) in [6.45, 7) is 2.08. The van der Waals surface area contributed by atoms with Gasteiger partial charge in [-0.05, 0) is 31.2 Å². The number of carbonyl (C=O) groups excluding carboxylic acids is 1. The summed E-state index contributed by atoms with van der Waals surface area (Å²) in [5, 5.41) is 11.5. The second-order valence-electron chi connectivity index (χ2n) is 4.81. The van der Waals surface area contributed by atoms with E-state index in [4.69, 9.17) is 9.68 Å². The SMILES string of the molecule is CCNC(=O)C(C#N)=Cc1ccc(-c2cccc(C(F)(F)F)c2)o1. The highest BCUT2D eigenvalue weighted by molar-refractivity contribution is 6.01. The van der Waals surface area contributed by atoms with Gasteiger partial charge in [0.05, 0.1) is 5.56 Å². The van der Waals surface area contributed by atoms with E-state index < -0.39 is 17.6 Å². The first-order valence-corrected chi connectivity index (χ1v) is 7.02. The Morgan fingerprint density at radius 1 is 1.33 bits per heavy atom. The summed E-state index contributed by atoms with van der Waals surface area (Å²) in [5.74, 6) is -0.136. The van der Waals surface area contributed by atoms with E-state index in [9.17, 15) is 18.0 Å². The zero-order valence-corrected chi connectivity index (χ0v) is 12.6. The van der Waals surface area contributed by atoms with Gasteiger partial charge in [0.25, 0.3) is 5.91 Å². The quantitative estimate of drug-likeness (QED) is 0.679. The third kappa shape index (κ3) is 4.04. The van der Waals surface area contributed by atoms with Crippen LogP contribution in [0.1, 0.15) is 18.2 Å². The van der Waals surface area contributed by atoms with Crippen molar-refractivity contribution in [2.45, 2.75) is 13.1 Å². The number of benzene rings is 1. The van der Waals surface area contributed by atoms with Gasteiger partial charge in [0.2, 0.25) is 0 Å². The second kappa shape index (κ2) is 7.04. The molecule has 0 atom stereocenters. The molecule has 2 aromatic rings. The van der Waals surface area contributed by atoms with Crippen LogP contribution in [0.2, 0.25) is 0 Å². The third-order valence-electron chi connectivity index (χ3n) is 3.09. The maximum absolute atomic E-state index is 12.7. The van der Waals surface area contributed by atoms with Gasteiger partial charge in [-0.25, -0.2) is 0 Å². The number of nitriles is 1. The van der Waals surface area contributed by atoms with Crippen LogP contribution in [0, 0.1) is 11.3 Å². The molecular formula is C17H13F3N2O2. The molecule has 7 heteroatoms. The molecule has 0 saturated heterocycles. The number of amides is 1. The van der Waals surface area contributed by atoms with Gasteiger partial charge >= 0.3 is 6.18 Å². The summed E-state index contributed by atoms with van der Waals surface area (Å²) in [5.41, 5.74) is -0.684. The lowest BCUT2D eigenvalue weighted by atomic mass is 10.1. The Morgan fingerprint density at radius 3 is 2.71 bits per heavy atom. The van der Waals surface area contributed by atoms with Crippen LogP contribution in [0.5, 0.6) is 0 Å². The highest BCUT2D eigenvalue weighted by atomic mass is 19.4. The van der Waals surface area contributed by atoms with Crippen LogP contribution in [0.4, 0.5) is 13.2 Å². The molecule has 0 unspecified atom stereocenters. The topological polar surface area (TPSA) is 66.0 Å². The molecule has 1 N–H and O–H groups in total. The van der Waals surface area contributed by atoms with Crippen LogP contribution < -0.4 is 5.32 Å². The van der Waals surface area contributed by atoms with Crippen molar-refractivity contribution >= 4 is 12.0 Å². The van der Waals surface area contributed by atoms with Gasteiger partial charge in [-0.3, -0.25) is 4.79 Å². The summed E-state index contributed by atoms with van der Waals surface area (Å²) in [4.78, 5) is 11.6. The molecule has 0 spiro atoms. The molecule has 0 radical (unpaired) electrons. The number of rotatable bonds is 4. The molecular weight excluding hydrogens is 321 g/mol. The standard InChI is InChI=1S/C17H13F3N2O2/c1-2-22-16(23)12(10-21)9-14-6-7-15(24-14)11-4-3-5-13(8-11)17(18,19)20/h3-9H,2H2,1H3,(H,22,23). The Balaban J connectivity index is 2.31. The Kier molecular flexibility index (Phi) is 5.09. The average molecular weight is 334 g/mol. The minimum absolute atomic E-state index is 0.151.